The first-order valence-corrected chi connectivity index (χ1v) is 8.42. The first-order chi connectivity index (χ1) is 11.9. The van der Waals surface area contributed by atoms with Gasteiger partial charge in [0.15, 0.2) is 18.1 Å². The Kier molecular flexibility index (Phi) is 6.64. The predicted octanol–water partition coefficient (Wildman–Crippen LogP) is 2.07. The Balaban J connectivity index is 2.10. The van der Waals surface area contributed by atoms with Gasteiger partial charge in [-0.15, -0.1) is 0 Å². The Morgan fingerprint density at radius 2 is 2.08 bits per heavy atom. The molecule has 2 amide bonds. The van der Waals surface area contributed by atoms with Crippen molar-refractivity contribution in [2.45, 2.75) is 19.8 Å². The number of hydrogen-bond acceptors (Lipinski definition) is 5. The highest BCUT2D eigenvalue weighted by Crippen LogP contribution is 2.36. The number of nitrogens with zero attached hydrogens (tertiary/aromatic N) is 2. The molecule has 0 atom stereocenters. The molecule has 1 fully saturated rings. The second-order valence-electron chi connectivity index (χ2n) is 5.85. The van der Waals surface area contributed by atoms with Gasteiger partial charge in [0.1, 0.15) is 0 Å². The molecule has 0 spiro atoms. The molecular formula is C17H22ClN3O4. The lowest BCUT2D eigenvalue weighted by Crippen LogP contribution is -2.27. The highest BCUT2D eigenvalue weighted by atomic mass is 35.5. The van der Waals surface area contributed by atoms with Crippen LogP contribution in [0.3, 0.4) is 0 Å². The maximum atomic E-state index is 11.7. The smallest absolute Gasteiger partial charge is 0.259 e. The molecule has 2 rings (SSSR count). The Labute approximate surface area is 151 Å². The Morgan fingerprint density at radius 1 is 1.36 bits per heavy atom. The van der Waals surface area contributed by atoms with Gasteiger partial charge in [0.05, 0.1) is 17.8 Å². The number of carbonyl (C=O) groups is 2. The Hall–Kier alpha value is -2.28. The largest absolute Gasteiger partial charge is 0.490 e. The maximum absolute atomic E-state index is 11.7. The van der Waals surface area contributed by atoms with E-state index < -0.39 is 0 Å². The molecule has 1 aliphatic carbocycles. The van der Waals surface area contributed by atoms with E-state index in [0.29, 0.717) is 28.7 Å². The lowest BCUT2D eigenvalue weighted by Gasteiger charge is -2.16. The monoisotopic (exact) mass is 367 g/mol. The number of benzene rings is 1. The summed E-state index contributed by atoms with van der Waals surface area (Å²) in [6, 6.07) is 3.32. The van der Waals surface area contributed by atoms with Gasteiger partial charge in [-0.25, -0.2) is 5.43 Å². The van der Waals surface area contributed by atoms with E-state index in [0.717, 1.165) is 12.8 Å². The summed E-state index contributed by atoms with van der Waals surface area (Å²) in [5.41, 5.74) is 3.15. The summed E-state index contributed by atoms with van der Waals surface area (Å²) < 4.78 is 11.1. The number of halogens is 1. The van der Waals surface area contributed by atoms with Gasteiger partial charge in [-0.1, -0.05) is 11.6 Å². The summed E-state index contributed by atoms with van der Waals surface area (Å²) in [6.45, 7) is 2.10. The summed E-state index contributed by atoms with van der Waals surface area (Å²) in [7, 11) is 3.29. The molecule has 0 aromatic heterocycles. The van der Waals surface area contributed by atoms with Gasteiger partial charge in [-0.2, -0.15) is 5.10 Å². The van der Waals surface area contributed by atoms with Crippen LogP contribution in [0.25, 0.3) is 0 Å². The number of nitrogens with one attached hydrogen (secondary N) is 1. The Bertz CT molecular complexity index is 672. The molecule has 0 bridgehead atoms. The van der Waals surface area contributed by atoms with E-state index in [1.807, 2.05) is 6.92 Å². The third-order valence-corrected chi connectivity index (χ3v) is 3.79. The third kappa shape index (κ3) is 5.63. The van der Waals surface area contributed by atoms with Crippen molar-refractivity contribution < 1.29 is 19.1 Å². The van der Waals surface area contributed by atoms with Crippen molar-refractivity contribution in [3.63, 3.8) is 0 Å². The minimum Gasteiger partial charge on any atom is -0.490 e. The predicted molar refractivity (Wildman–Crippen MR) is 95.3 cm³/mol. The van der Waals surface area contributed by atoms with Crippen molar-refractivity contribution in [2.24, 2.45) is 11.0 Å². The average Bonchev–Trinajstić information content (AvgIpc) is 3.38. The van der Waals surface area contributed by atoms with Crippen LogP contribution in [0, 0.1) is 5.92 Å². The molecule has 0 radical (unpaired) electrons. The van der Waals surface area contributed by atoms with Crippen LogP contribution in [-0.2, 0) is 9.59 Å². The molecule has 25 heavy (non-hydrogen) atoms. The summed E-state index contributed by atoms with van der Waals surface area (Å²) in [6.07, 6.45) is 3.32. The minimum absolute atomic E-state index is 0.0745. The van der Waals surface area contributed by atoms with Crippen molar-refractivity contribution >= 4 is 29.6 Å². The normalized spacial score (nSPS) is 13.6. The standard InChI is InChI=1S/C17H22ClN3O4/c1-4-24-14-8-11(9-19-20-17(23)12-5-6-12)7-13(18)16(14)25-10-15(22)21(2)3/h7-9,12H,4-6,10H2,1-3H3,(H,20,23)/b19-9-. The third-order valence-electron chi connectivity index (χ3n) is 3.51. The fourth-order valence-corrected chi connectivity index (χ4v) is 2.21. The second kappa shape index (κ2) is 8.71. The van der Waals surface area contributed by atoms with E-state index in [9.17, 15) is 9.59 Å². The van der Waals surface area contributed by atoms with Crippen LogP contribution in [-0.4, -0.2) is 50.2 Å². The molecular weight excluding hydrogens is 346 g/mol. The number of hydrogen-bond donors (Lipinski definition) is 1. The van der Waals surface area contributed by atoms with Crippen LogP contribution >= 0.6 is 11.6 Å². The van der Waals surface area contributed by atoms with E-state index in [4.69, 9.17) is 21.1 Å². The van der Waals surface area contributed by atoms with E-state index >= 15 is 0 Å². The first-order valence-electron chi connectivity index (χ1n) is 8.04. The summed E-state index contributed by atoms with van der Waals surface area (Å²) in [5, 5.41) is 4.23. The molecule has 1 saturated carbocycles. The Morgan fingerprint density at radius 3 is 2.68 bits per heavy atom. The summed E-state index contributed by atoms with van der Waals surface area (Å²) >= 11 is 6.26. The SMILES string of the molecule is CCOc1cc(/C=N\NC(=O)C2CC2)cc(Cl)c1OCC(=O)N(C)C. The number of likely N-dealkylation sites (N-methyl/N-ethyl adjacent to an activating group) is 1. The van der Waals surface area contributed by atoms with Crippen LogP contribution in [0.15, 0.2) is 17.2 Å². The van der Waals surface area contributed by atoms with Crippen LogP contribution < -0.4 is 14.9 Å². The van der Waals surface area contributed by atoms with Crippen molar-refractivity contribution in [1.29, 1.82) is 0 Å². The van der Waals surface area contributed by atoms with Gasteiger partial charge in [0.25, 0.3) is 5.91 Å². The zero-order valence-electron chi connectivity index (χ0n) is 14.5. The van der Waals surface area contributed by atoms with Crippen LogP contribution in [0.1, 0.15) is 25.3 Å². The van der Waals surface area contributed by atoms with Crippen molar-refractivity contribution in [3.05, 3.63) is 22.7 Å². The quantitative estimate of drug-likeness (QED) is 0.563. The lowest BCUT2D eigenvalue weighted by molar-refractivity contribution is -0.130. The topological polar surface area (TPSA) is 80.2 Å². The van der Waals surface area contributed by atoms with Crippen molar-refractivity contribution in [1.82, 2.24) is 10.3 Å². The maximum Gasteiger partial charge on any atom is 0.259 e. The zero-order valence-corrected chi connectivity index (χ0v) is 15.3. The number of hydrazone groups is 1. The highest BCUT2D eigenvalue weighted by molar-refractivity contribution is 6.32. The fraction of sp³-hybridized carbons (Fsp3) is 0.471. The summed E-state index contributed by atoms with van der Waals surface area (Å²) in [4.78, 5) is 24.7. The molecule has 7 nitrogen and oxygen atoms in total. The van der Waals surface area contributed by atoms with E-state index in [-0.39, 0.29) is 24.3 Å². The number of carbonyl (C=O) groups excluding carboxylic acids is 2. The molecule has 0 unspecified atom stereocenters. The number of amides is 2. The number of rotatable bonds is 8. The second-order valence-corrected chi connectivity index (χ2v) is 6.26. The van der Waals surface area contributed by atoms with Crippen LogP contribution in [0.4, 0.5) is 0 Å². The van der Waals surface area contributed by atoms with Crippen LogP contribution in [0.5, 0.6) is 11.5 Å². The van der Waals surface area contributed by atoms with Gasteiger partial charge in [-0.3, -0.25) is 9.59 Å². The first kappa shape index (κ1) is 19.1. The molecule has 1 N–H and O–H groups in total. The van der Waals surface area contributed by atoms with E-state index in [2.05, 4.69) is 10.5 Å². The molecule has 136 valence electrons. The molecule has 8 heteroatoms. The minimum atomic E-state index is -0.188. The van der Waals surface area contributed by atoms with Crippen molar-refractivity contribution in [2.75, 3.05) is 27.3 Å². The molecule has 0 saturated heterocycles. The molecule has 1 aliphatic rings. The molecule has 1 aromatic rings. The molecule has 0 aliphatic heterocycles. The van der Waals surface area contributed by atoms with Gasteiger partial charge in [0, 0.05) is 20.0 Å². The highest BCUT2D eigenvalue weighted by Gasteiger charge is 2.29. The van der Waals surface area contributed by atoms with Gasteiger partial charge in [0.2, 0.25) is 5.91 Å². The molecule has 0 heterocycles. The lowest BCUT2D eigenvalue weighted by atomic mass is 10.2. The zero-order chi connectivity index (χ0) is 18.4. The molecule has 1 aromatic carbocycles. The van der Waals surface area contributed by atoms with Crippen LogP contribution in [0.2, 0.25) is 5.02 Å². The van der Waals surface area contributed by atoms with Gasteiger partial charge < -0.3 is 14.4 Å². The summed E-state index contributed by atoms with van der Waals surface area (Å²) in [5.74, 6) is 0.542. The fourth-order valence-electron chi connectivity index (χ4n) is 1.94. The average molecular weight is 368 g/mol. The van der Waals surface area contributed by atoms with Gasteiger partial charge >= 0.3 is 0 Å². The van der Waals surface area contributed by atoms with E-state index in [1.165, 1.54) is 11.1 Å². The van der Waals surface area contributed by atoms with Crippen molar-refractivity contribution in [3.8, 4) is 11.5 Å². The van der Waals surface area contributed by atoms with E-state index in [1.54, 1.807) is 26.2 Å². The number of ether oxygens (including phenoxy) is 2. The van der Waals surface area contributed by atoms with Gasteiger partial charge in [-0.05, 0) is 37.5 Å².